The average Bonchev–Trinajstić information content (AvgIpc) is 2.34. The van der Waals surface area contributed by atoms with E-state index < -0.39 is 0 Å². The summed E-state index contributed by atoms with van der Waals surface area (Å²) < 4.78 is 0. The zero-order valence-corrected chi connectivity index (χ0v) is 6.50. The fraction of sp³-hybridized carbons (Fsp3) is 0.800. The molecule has 1 atom stereocenters. The first-order valence-electron chi connectivity index (χ1n) is 3.31. The molecule has 1 heterocycles. The van der Waals surface area contributed by atoms with Gasteiger partial charge in [0, 0.05) is 12.6 Å². The first kappa shape index (κ1) is 7.71. The van der Waals surface area contributed by atoms with Gasteiger partial charge in [0.05, 0.1) is 0 Å². The van der Waals surface area contributed by atoms with E-state index in [1.165, 1.54) is 0 Å². The van der Waals surface area contributed by atoms with Crippen LogP contribution in [0.15, 0.2) is 0 Å². The predicted molar refractivity (Wildman–Crippen MR) is 44.3 cm³/mol. The smallest absolute Gasteiger partial charge is 0.178 e. The molecule has 58 valence electrons. The van der Waals surface area contributed by atoms with Gasteiger partial charge in [-0.05, 0) is 25.2 Å². The fourth-order valence-electron chi connectivity index (χ4n) is 0.951. The summed E-state index contributed by atoms with van der Waals surface area (Å²) >= 11 is 4.61. The van der Waals surface area contributed by atoms with Crippen molar-refractivity contribution in [3.63, 3.8) is 0 Å². The van der Waals surface area contributed by atoms with Gasteiger partial charge in [0.1, 0.15) is 0 Å². The highest BCUT2D eigenvalue weighted by molar-refractivity contribution is 7.80. The number of rotatable bonds is 2. The summed E-state index contributed by atoms with van der Waals surface area (Å²) in [7, 11) is 0. The van der Waals surface area contributed by atoms with Gasteiger partial charge in [-0.1, -0.05) is 0 Å². The van der Waals surface area contributed by atoms with Crippen LogP contribution in [0.2, 0.25) is 0 Å². The van der Waals surface area contributed by atoms with E-state index >= 15 is 0 Å². The summed E-state index contributed by atoms with van der Waals surface area (Å²) in [4.78, 5) is 0. The summed E-state index contributed by atoms with van der Waals surface area (Å²) in [6.45, 7) is 2.05. The van der Waals surface area contributed by atoms with E-state index in [-0.39, 0.29) is 0 Å². The number of thiocarbonyl (C=S) groups is 1. The first-order valence-corrected chi connectivity index (χ1v) is 3.71. The zero-order valence-electron chi connectivity index (χ0n) is 5.68. The molecule has 1 rings (SSSR count). The van der Waals surface area contributed by atoms with Gasteiger partial charge in [0.15, 0.2) is 5.11 Å². The van der Waals surface area contributed by atoms with Crippen molar-refractivity contribution in [3.8, 4) is 0 Å². The summed E-state index contributed by atoms with van der Waals surface area (Å²) in [5.74, 6) is 0. The van der Waals surface area contributed by atoms with Crippen molar-refractivity contribution in [1.82, 2.24) is 16.2 Å². The molecule has 5 heteroatoms. The van der Waals surface area contributed by atoms with Crippen molar-refractivity contribution in [3.05, 3.63) is 0 Å². The minimum Gasteiger partial charge on any atom is -0.375 e. The lowest BCUT2D eigenvalue weighted by Crippen LogP contribution is -2.47. The van der Waals surface area contributed by atoms with Crippen molar-refractivity contribution in [2.24, 2.45) is 5.73 Å². The first-order chi connectivity index (χ1) is 4.79. The van der Waals surface area contributed by atoms with E-state index in [1.54, 1.807) is 0 Å². The summed E-state index contributed by atoms with van der Waals surface area (Å²) in [5.41, 5.74) is 10.9. The maximum atomic E-state index is 5.21. The summed E-state index contributed by atoms with van der Waals surface area (Å²) in [6, 6.07) is 0.460. The molecule has 1 saturated heterocycles. The molecule has 0 radical (unpaired) electrons. The van der Waals surface area contributed by atoms with Gasteiger partial charge in [-0.25, -0.2) is 5.43 Å². The van der Waals surface area contributed by atoms with Crippen LogP contribution < -0.4 is 21.9 Å². The second-order valence-electron chi connectivity index (χ2n) is 2.32. The quantitative estimate of drug-likeness (QED) is 0.298. The molecule has 1 aliphatic heterocycles. The summed E-state index contributed by atoms with van der Waals surface area (Å²) in [5, 5.41) is 3.51. The molecule has 0 bridgehead atoms. The molecule has 0 spiro atoms. The highest BCUT2D eigenvalue weighted by Gasteiger charge is 2.12. The highest BCUT2D eigenvalue weighted by Crippen LogP contribution is 1.94. The second kappa shape index (κ2) is 3.70. The van der Waals surface area contributed by atoms with Crippen molar-refractivity contribution in [2.75, 3.05) is 13.1 Å². The van der Waals surface area contributed by atoms with E-state index in [0.717, 1.165) is 19.5 Å². The number of hydrazine groups is 1. The Balaban J connectivity index is 2.07. The molecule has 5 N–H and O–H groups in total. The van der Waals surface area contributed by atoms with Gasteiger partial charge in [0.2, 0.25) is 0 Å². The Hall–Kier alpha value is -0.390. The maximum Gasteiger partial charge on any atom is 0.178 e. The van der Waals surface area contributed by atoms with Gasteiger partial charge in [0.25, 0.3) is 0 Å². The monoisotopic (exact) mass is 160 g/mol. The van der Waals surface area contributed by atoms with E-state index in [0.29, 0.717) is 11.2 Å². The normalized spacial score (nSPS) is 24.6. The Labute approximate surface area is 65.5 Å². The molecule has 0 aliphatic carbocycles. The molecule has 1 fully saturated rings. The molecule has 0 aromatic heterocycles. The van der Waals surface area contributed by atoms with Crippen molar-refractivity contribution >= 4 is 17.3 Å². The zero-order chi connectivity index (χ0) is 7.40. The molecule has 4 nitrogen and oxygen atoms in total. The third kappa shape index (κ3) is 2.47. The van der Waals surface area contributed by atoms with Crippen LogP contribution in [0.1, 0.15) is 6.42 Å². The molecule has 0 saturated carbocycles. The Morgan fingerprint density at radius 3 is 3.00 bits per heavy atom. The number of hydrogen-bond acceptors (Lipinski definition) is 3. The van der Waals surface area contributed by atoms with Crippen LogP contribution in [0.5, 0.6) is 0 Å². The molecule has 0 aromatic carbocycles. The van der Waals surface area contributed by atoms with Crippen LogP contribution in [0.25, 0.3) is 0 Å². The molecule has 1 aliphatic rings. The predicted octanol–water partition coefficient (Wildman–Crippen LogP) is -1.31. The standard InChI is InChI=1S/C5H12N4S/c6-5(10)9-8-4-1-2-7-3-4/h4,7-8H,1-3H2,(H3,6,9,10). The van der Waals surface area contributed by atoms with Gasteiger partial charge in [-0.3, -0.25) is 5.43 Å². The van der Waals surface area contributed by atoms with Gasteiger partial charge >= 0.3 is 0 Å². The maximum absolute atomic E-state index is 5.21. The Morgan fingerprint density at radius 2 is 2.50 bits per heavy atom. The van der Waals surface area contributed by atoms with E-state index in [2.05, 4.69) is 28.4 Å². The minimum atomic E-state index is 0.298. The largest absolute Gasteiger partial charge is 0.375 e. The van der Waals surface area contributed by atoms with Crippen molar-refractivity contribution in [1.29, 1.82) is 0 Å². The van der Waals surface area contributed by atoms with Crippen molar-refractivity contribution in [2.45, 2.75) is 12.5 Å². The van der Waals surface area contributed by atoms with E-state index in [9.17, 15) is 0 Å². The van der Waals surface area contributed by atoms with E-state index in [1.807, 2.05) is 0 Å². The van der Waals surface area contributed by atoms with Gasteiger partial charge in [-0.15, -0.1) is 0 Å². The Morgan fingerprint density at radius 1 is 1.70 bits per heavy atom. The van der Waals surface area contributed by atoms with Gasteiger partial charge < -0.3 is 11.1 Å². The SMILES string of the molecule is NC(=S)NNC1CCNC1. The lowest BCUT2D eigenvalue weighted by atomic mass is 10.3. The van der Waals surface area contributed by atoms with Crippen molar-refractivity contribution < 1.29 is 0 Å². The lowest BCUT2D eigenvalue weighted by molar-refractivity contribution is 0.522. The van der Waals surface area contributed by atoms with Gasteiger partial charge in [-0.2, -0.15) is 0 Å². The van der Waals surface area contributed by atoms with Crippen LogP contribution >= 0.6 is 12.2 Å². The van der Waals surface area contributed by atoms with Crippen LogP contribution in [-0.2, 0) is 0 Å². The van der Waals surface area contributed by atoms with Crippen LogP contribution in [0.3, 0.4) is 0 Å². The van der Waals surface area contributed by atoms with Crippen LogP contribution in [-0.4, -0.2) is 24.2 Å². The fourth-order valence-corrected chi connectivity index (χ4v) is 1.01. The second-order valence-corrected chi connectivity index (χ2v) is 2.76. The number of nitrogens with two attached hydrogens (primary N) is 1. The lowest BCUT2D eigenvalue weighted by Gasteiger charge is -2.11. The minimum absolute atomic E-state index is 0.298. The molecular formula is C5H12N4S. The molecule has 0 amide bonds. The van der Waals surface area contributed by atoms with E-state index in [4.69, 9.17) is 5.73 Å². The third-order valence-electron chi connectivity index (χ3n) is 1.46. The third-order valence-corrected chi connectivity index (χ3v) is 1.56. The summed E-state index contributed by atoms with van der Waals surface area (Å²) in [6.07, 6.45) is 1.12. The molecule has 10 heavy (non-hydrogen) atoms. The Kier molecular flexibility index (Phi) is 2.85. The van der Waals surface area contributed by atoms with Crippen LogP contribution in [0.4, 0.5) is 0 Å². The Bertz CT molecular complexity index is 121. The highest BCUT2D eigenvalue weighted by atomic mass is 32.1. The molecule has 1 unspecified atom stereocenters. The topological polar surface area (TPSA) is 62.1 Å². The molecular weight excluding hydrogens is 148 g/mol. The molecule has 0 aromatic rings. The number of hydrogen-bond donors (Lipinski definition) is 4. The average molecular weight is 160 g/mol. The van der Waals surface area contributed by atoms with Crippen LogP contribution in [0, 0.1) is 0 Å². The number of nitrogens with one attached hydrogen (secondary N) is 3.